The van der Waals surface area contributed by atoms with Crippen molar-refractivity contribution in [3.8, 4) is 11.6 Å². The van der Waals surface area contributed by atoms with E-state index >= 15 is 0 Å². The van der Waals surface area contributed by atoms with Crippen molar-refractivity contribution in [1.29, 1.82) is 0 Å². The smallest absolute Gasteiger partial charge is 0.311 e. The predicted octanol–water partition coefficient (Wildman–Crippen LogP) is 3.96. The molecule has 2 rings (SSSR count). The molecule has 0 aliphatic heterocycles. The summed E-state index contributed by atoms with van der Waals surface area (Å²) < 4.78 is 5.52. The molecule has 0 aliphatic rings. The molecule has 0 N–H and O–H groups in total. The Labute approximate surface area is 126 Å². The van der Waals surface area contributed by atoms with E-state index in [2.05, 4.69) is 9.97 Å². The molecule has 2 aromatic rings. The summed E-state index contributed by atoms with van der Waals surface area (Å²) in [6.45, 7) is 3.81. The molecule has 0 fully saturated rings. The third-order valence-corrected chi connectivity index (χ3v) is 3.07. The maximum absolute atomic E-state index is 11.1. The zero-order chi connectivity index (χ0) is 15.4. The average molecular weight is 308 g/mol. The van der Waals surface area contributed by atoms with Crippen molar-refractivity contribution in [2.24, 2.45) is 0 Å². The van der Waals surface area contributed by atoms with Gasteiger partial charge in [0.15, 0.2) is 0 Å². The fraction of sp³-hybridized carbons (Fsp3) is 0.286. The lowest BCUT2D eigenvalue weighted by molar-refractivity contribution is -0.385. The van der Waals surface area contributed by atoms with E-state index in [0.29, 0.717) is 18.7 Å². The minimum atomic E-state index is -0.474. The summed E-state index contributed by atoms with van der Waals surface area (Å²) in [5, 5.41) is 11.4. The predicted molar refractivity (Wildman–Crippen MR) is 79.0 cm³/mol. The van der Waals surface area contributed by atoms with Gasteiger partial charge in [-0.3, -0.25) is 10.1 Å². The van der Waals surface area contributed by atoms with Crippen LogP contribution in [0.15, 0.2) is 24.3 Å². The van der Waals surface area contributed by atoms with Crippen molar-refractivity contribution in [2.75, 3.05) is 0 Å². The zero-order valence-electron chi connectivity index (χ0n) is 11.7. The van der Waals surface area contributed by atoms with Crippen LogP contribution in [0.5, 0.6) is 11.6 Å². The number of aromatic nitrogens is 2. The van der Waals surface area contributed by atoms with Crippen molar-refractivity contribution in [1.82, 2.24) is 9.97 Å². The molecule has 0 bridgehead atoms. The first kappa shape index (κ1) is 15.2. The van der Waals surface area contributed by atoms with Crippen molar-refractivity contribution in [3.63, 3.8) is 0 Å². The molecule has 21 heavy (non-hydrogen) atoms. The second-order valence-corrected chi connectivity index (χ2v) is 4.70. The van der Waals surface area contributed by atoms with Gasteiger partial charge in [-0.25, -0.2) is 4.98 Å². The second kappa shape index (κ2) is 6.49. The Kier molecular flexibility index (Phi) is 4.70. The van der Waals surface area contributed by atoms with E-state index in [1.165, 1.54) is 12.1 Å². The van der Waals surface area contributed by atoms with Crippen LogP contribution >= 0.6 is 11.6 Å². The molecule has 0 aliphatic carbocycles. The standard InChI is InChI=1S/C14H14ClN3O3/c1-3-9-5-6-11(10(7-9)18(19)20)21-14-8-12(15)16-13(4-2)17-14/h5-8H,3-4H2,1-2H3. The lowest BCUT2D eigenvalue weighted by Gasteiger charge is -2.08. The molecule has 0 saturated carbocycles. The zero-order valence-corrected chi connectivity index (χ0v) is 12.4. The molecule has 1 aromatic heterocycles. The van der Waals surface area contributed by atoms with E-state index in [1.807, 2.05) is 13.8 Å². The average Bonchev–Trinajstić information content (AvgIpc) is 2.46. The molecular weight excluding hydrogens is 294 g/mol. The van der Waals surface area contributed by atoms with Gasteiger partial charge < -0.3 is 4.74 Å². The highest BCUT2D eigenvalue weighted by Gasteiger charge is 2.17. The van der Waals surface area contributed by atoms with Gasteiger partial charge in [-0.15, -0.1) is 0 Å². The first-order valence-electron chi connectivity index (χ1n) is 6.52. The lowest BCUT2D eigenvalue weighted by Crippen LogP contribution is -1.99. The van der Waals surface area contributed by atoms with E-state index in [4.69, 9.17) is 16.3 Å². The molecule has 6 nitrogen and oxygen atoms in total. The molecule has 7 heteroatoms. The maximum atomic E-state index is 11.1. The van der Waals surface area contributed by atoms with E-state index in [9.17, 15) is 10.1 Å². The summed E-state index contributed by atoms with van der Waals surface area (Å²) in [6, 6.07) is 6.28. The quantitative estimate of drug-likeness (QED) is 0.474. The van der Waals surface area contributed by atoms with Crippen molar-refractivity contribution in [3.05, 3.63) is 50.9 Å². The molecule has 0 saturated heterocycles. The molecule has 1 heterocycles. The Hall–Kier alpha value is -2.21. The summed E-state index contributed by atoms with van der Waals surface area (Å²) in [4.78, 5) is 18.8. The van der Waals surface area contributed by atoms with Gasteiger partial charge in [0, 0.05) is 18.6 Å². The summed E-state index contributed by atoms with van der Waals surface area (Å²) >= 11 is 5.88. The fourth-order valence-corrected chi connectivity index (χ4v) is 1.97. The van der Waals surface area contributed by atoms with Gasteiger partial charge in [0.05, 0.1) is 4.92 Å². The summed E-state index contributed by atoms with van der Waals surface area (Å²) in [5.74, 6) is 0.846. The molecular formula is C14H14ClN3O3. The SMILES string of the molecule is CCc1ccc(Oc2cc(Cl)nc(CC)n2)c([N+](=O)[O-])c1. The van der Waals surface area contributed by atoms with E-state index in [1.54, 1.807) is 12.1 Å². The Morgan fingerprint density at radius 1 is 1.24 bits per heavy atom. The Bertz CT molecular complexity index is 677. The van der Waals surface area contributed by atoms with Crippen LogP contribution in [0.1, 0.15) is 25.2 Å². The number of rotatable bonds is 5. The highest BCUT2D eigenvalue weighted by atomic mass is 35.5. The van der Waals surface area contributed by atoms with E-state index in [0.717, 1.165) is 5.56 Å². The molecule has 0 atom stereocenters. The highest BCUT2D eigenvalue weighted by Crippen LogP contribution is 2.32. The van der Waals surface area contributed by atoms with Gasteiger partial charge in [-0.1, -0.05) is 31.5 Å². The number of nitro benzene ring substituents is 1. The molecule has 1 aromatic carbocycles. The van der Waals surface area contributed by atoms with Crippen LogP contribution in [0, 0.1) is 10.1 Å². The van der Waals surface area contributed by atoms with E-state index in [-0.39, 0.29) is 22.5 Å². The Morgan fingerprint density at radius 2 is 2.00 bits per heavy atom. The largest absolute Gasteiger partial charge is 0.432 e. The molecule has 110 valence electrons. The van der Waals surface area contributed by atoms with Crippen LogP contribution in [-0.2, 0) is 12.8 Å². The molecule has 0 spiro atoms. The van der Waals surface area contributed by atoms with Crippen LogP contribution in [-0.4, -0.2) is 14.9 Å². The molecule has 0 radical (unpaired) electrons. The number of hydrogen-bond donors (Lipinski definition) is 0. The number of nitrogens with zero attached hydrogens (tertiary/aromatic N) is 3. The molecule has 0 amide bonds. The normalized spacial score (nSPS) is 10.4. The lowest BCUT2D eigenvalue weighted by atomic mass is 10.1. The Morgan fingerprint density at radius 3 is 2.62 bits per heavy atom. The third kappa shape index (κ3) is 3.66. The number of benzene rings is 1. The van der Waals surface area contributed by atoms with Gasteiger partial charge in [-0.2, -0.15) is 4.98 Å². The second-order valence-electron chi connectivity index (χ2n) is 4.31. The topological polar surface area (TPSA) is 78.2 Å². The van der Waals surface area contributed by atoms with E-state index < -0.39 is 4.92 Å². The summed E-state index contributed by atoms with van der Waals surface area (Å²) in [7, 11) is 0. The number of aryl methyl sites for hydroxylation is 2. The number of ether oxygens (including phenoxy) is 1. The first-order chi connectivity index (χ1) is 10.0. The van der Waals surface area contributed by atoms with Gasteiger partial charge >= 0.3 is 5.69 Å². The van der Waals surface area contributed by atoms with Crippen molar-refractivity contribution in [2.45, 2.75) is 26.7 Å². The number of halogens is 1. The minimum absolute atomic E-state index is 0.0952. The number of nitro groups is 1. The maximum Gasteiger partial charge on any atom is 0.311 e. The van der Waals surface area contributed by atoms with Crippen LogP contribution < -0.4 is 4.74 Å². The molecule has 0 unspecified atom stereocenters. The third-order valence-electron chi connectivity index (χ3n) is 2.88. The minimum Gasteiger partial charge on any atom is -0.432 e. The van der Waals surface area contributed by atoms with Crippen molar-refractivity contribution >= 4 is 17.3 Å². The summed E-state index contributed by atoms with van der Waals surface area (Å²) in [5.41, 5.74) is 0.770. The van der Waals surface area contributed by atoms with Gasteiger partial charge in [0.2, 0.25) is 11.6 Å². The van der Waals surface area contributed by atoms with Crippen LogP contribution in [0.4, 0.5) is 5.69 Å². The summed E-state index contributed by atoms with van der Waals surface area (Å²) in [6.07, 6.45) is 1.30. The van der Waals surface area contributed by atoms with Gasteiger partial charge in [-0.05, 0) is 18.1 Å². The Balaban J connectivity index is 2.39. The first-order valence-corrected chi connectivity index (χ1v) is 6.90. The monoisotopic (exact) mass is 307 g/mol. The number of hydrogen-bond acceptors (Lipinski definition) is 5. The van der Waals surface area contributed by atoms with Crippen molar-refractivity contribution < 1.29 is 9.66 Å². The highest BCUT2D eigenvalue weighted by molar-refractivity contribution is 6.29. The van der Waals surface area contributed by atoms with Gasteiger partial charge in [0.25, 0.3) is 0 Å². The van der Waals surface area contributed by atoms with Crippen LogP contribution in [0.3, 0.4) is 0 Å². The van der Waals surface area contributed by atoms with Crippen LogP contribution in [0.25, 0.3) is 0 Å². The van der Waals surface area contributed by atoms with Crippen LogP contribution in [0.2, 0.25) is 5.15 Å². The van der Waals surface area contributed by atoms with Gasteiger partial charge in [0.1, 0.15) is 11.0 Å². The fourth-order valence-electron chi connectivity index (χ4n) is 1.78.